The van der Waals surface area contributed by atoms with Gasteiger partial charge in [0.05, 0.1) is 18.1 Å². The number of ether oxygens (including phenoxy) is 1. The summed E-state index contributed by atoms with van der Waals surface area (Å²) >= 11 is 1.46. The number of aryl methyl sites for hydroxylation is 3. The van der Waals surface area contributed by atoms with Gasteiger partial charge in [0.1, 0.15) is 0 Å². The quantitative estimate of drug-likeness (QED) is 0.728. The minimum absolute atomic E-state index is 0.00871. The van der Waals surface area contributed by atoms with Crippen molar-refractivity contribution in [2.75, 3.05) is 24.8 Å². The van der Waals surface area contributed by atoms with Crippen LogP contribution in [0.2, 0.25) is 0 Å². The Hall–Kier alpha value is -1.79. The minimum Gasteiger partial charge on any atom is -0.383 e. The Morgan fingerprint density at radius 2 is 2.08 bits per heavy atom. The smallest absolute Gasteiger partial charge is 0.234 e. The molecule has 0 bridgehead atoms. The topological polar surface area (TPSA) is 56.2 Å². The van der Waals surface area contributed by atoms with E-state index < -0.39 is 0 Å². The highest BCUT2D eigenvalue weighted by Gasteiger charge is 2.14. The molecule has 2 rings (SSSR count). The van der Waals surface area contributed by atoms with Gasteiger partial charge in [0.2, 0.25) is 5.91 Å². The van der Waals surface area contributed by atoms with Crippen molar-refractivity contribution in [1.82, 2.24) is 9.55 Å². The van der Waals surface area contributed by atoms with Crippen LogP contribution < -0.4 is 5.32 Å². The van der Waals surface area contributed by atoms with Crippen LogP contribution in [-0.2, 0) is 22.5 Å². The monoisotopic (exact) mass is 361 g/mol. The van der Waals surface area contributed by atoms with Crippen LogP contribution in [0.4, 0.5) is 5.69 Å². The van der Waals surface area contributed by atoms with E-state index in [4.69, 9.17) is 4.74 Å². The second-order valence-corrected chi connectivity index (χ2v) is 6.95. The first-order chi connectivity index (χ1) is 12.0. The summed E-state index contributed by atoms with van der Waals surface area (Å²) in [5.74, 6) is 0.325. The Morgan fingerprint density at radius 3 is 2.76 bits per heavy atom. The second kappa shape index (κ2) is 9.06. The highest BCUT2D eigenvalue weighted by molar-refractivity contribution is 7.99. The minimum atomic E-state index is -0.00871. The predicted octanol–water partition coefficient (Wildman–Crippen LogP) is 3.75. The lowest BCUT2D eigenvalue weighted by Crippen LogP contribution is -2.17. The van der Waals surface area contributed by atoms with Crippen molar-refractivity contribution >= 4 is 23.4 Å². The zero-order chi connectivity index (χ0) is 18.4. The Balaban J connectivity index is 2.05. The summed E-state index contributed by atoms with van der Waals surface area (Å²) in [7, 11) is 1.69. The van der Waals surface area contributed by atoms with Crippen molar-refractivity contribution < 1.29 is 9.53 Å². The number of hydrogen-bond acceptors (Lipinski definition) is 4. The van der Waals surface area contributed by atoms with E-state index in [1.807, 2.05) is 32.9 Å². The number of imidazole rings is 1. The van der Waals surface area contributed by atoms with Crippen molar-refractivity contribution in [3.8, 4) is 0 Å². The van der Waals surface area contributed by atoms with Crippen molar-refractivity contribution in [2.24, 2.45) is 0 Å². The lowest BCUT2D eigenvalue weighted by atomic mass is 10.1. The van der Waals surface area contributed by atoms with E-state index in [1.54, 1.807) is 7.11 Å². The van der Waals surface area contributed by atoms with Gasteiger partial charge in [0, 0.05) is 25.0 Å². The standard InChI is InChI=1S/C19H27N3O2S/c1-6-16-9-7-8-13(2)18(16)21-17(23)12-25-19-20-14(3)15(4)22(19)10-11-24-5/h7-9H,6,10-12H2,1-5H3,(H,21,23). The van der Waals surface area contributed by atoms with Gasteiger partial charge in [-0.25, -0.2) is 4.98 Å². The van der Waals surface area contributed by atoms with Crippen LogP contribution in [0.15, 0.2) is 23.4 Å². The number of nitrogens with zero attached hydrogens (tertiary/aromatic N) is 2. The first-order valence-corrected chi connectivity index (χ1v) is 9.50. The summed E-state index contributed by atoms with van der Waals surface area (Å²) in [6.07, 6.45) is 0.893. The number of anilines is 1. The molecule has 1 aromatic heterocycles. The van der Waals surface area contributed by atoms with Gasteiger partial charge in [0.25, 0.3) is 0 Å². The van der Waals surface area contributed by atoms with E-state index in [2.05, 4.69) is 27.9 Å². The maximum absolute atomic E-state index is 12.4. The molecule has 1 aromatic carbocycles. The molecule has 0 aliphatic rings. The summed E-state index contributed by atoms with van der Waals surface area (Å²) in [6, 6.07) is 6.10. The number of thioether (sulfide) groups is 1. The summed E-state index contributed by atoms with van der Waals surface area (Å²) in [4.78, 5) is 17.0. The third-order valence-corrected chi connectivity index (χ3v) is 5.25. The van der Waals surface area contributed by atoms with Crippen molar-refractivity contribution in [2.45, 2.75) is 45.8 Å². The summed E-state index contributed by atoms with van der Waals surface area (Å²) in [5.41, 5.74) is 5.29. The Labute approximate surface area is 154 Å². The molecule has 0 spiro atoms. The average Bonchev–Trinajstić information content (AvgIpc) is 2.87. The van der Waals surface area contributed by atoms with Gasteiger partial charge in [0.15, 0.2) is 5.16 Å². The van der Waals surface area contributed by atoms with Crippen molar-refractivity contribution in [3.63, 3.8) is 0 Å². The van der Waals surface area contributed by atoms with Crippen LogP contribution in [0, 0.1) is 20.8 Å². The molecule has 1 heterocycles. The molecule has 5 nitrogen and oxygen atoms in total. The van der Waals surface area contributed by atoms with E-state index in [1.165, 1.54) is 11.8 Å². The van der Waals surface area contributed by atoms with Gasteiger partial charge >= 0.3 is 0 Å². The van der Waals surface area contributed by atoms with Gasteiger partial charge in [-0.1, -0.05) is 36.9 Å². The Bertz CT molecular complexity index is 741. The number of hydrogen-bond donors (Lipinski definition) is 1. The molecule has 0 aliphatic heterocycles. The number of benzene rings is 1. The lowest BCUT2D eigenvalue weighted by molar-refractivity contribution is -0.113. The Kier molecular flexibility index (Phi) is 7.08. The number of carbonyl (C=O) groups excluding carboxylic acids is 1. The molecule has 25 heavy (non-hydrogen) atoms. The first kappa shape index (κ1) is 19.5. The molecule has 0 unspecified atom stereocenters. The zero-order valence-electron chi connectivity index (χ0n) is 15.7. The summed E-state index contributed by atoms with van der Waals surface area (Å²) in [5, 5.41) is 3.93. The van der Waals surface area contributed by atoms with Gasteiger partial charge in [-0.05, 0) is 38.3 Å². The SMILES string of the molecule is CCc1cccc(C)c1NC(=O)CSc1nc(C)c(C)n1CCOC. The normalized spacial score (nSPS) is 10.9. The largest absolute Gasteiger partial charge is 0.383 e. The van der Waals surface area contributed by atoms with Crippen molar-refractivity contribution in [3.05, 3.63) is 40.7 Å². The molecule has 0 aliphatic carbocycles. The fourth-order valence-electron chi connectivity index (χ4n) is 2.69. The fourth-order valence-corrected chi connectivity index (χ4v) is 3.61. The molecular formula is C19H27N3O2S. The first-order valence-electron chi connectivity index (χ1n) is 8.51. The average molecular weight is 362 g/mol. The van der Waals surface area contributed by atoms with E-state index in [-0.39, 0.29) is 5.91 Å². The number of aromatic nitrogens is 2. The summed E-state index contributed by atoms with van der Waals surface area (Å²) in [6.45, 7) is 9.51. The number of carbonyl (C=O) groups is 1. The third kappa shape index (κ3) is 4.86. The Morgan fingerprint density at radius 1 is 1.32 bits per heavy atom. The highest BCUT2D eigenvalue weighted by atomic mass is 32.2. The molecule has 2 aromatic rings. The lowest BCUT2D eigenvalue weighted by Gasteiger charge is -2.13. The number of amides is 1. The zero-order valence-corrected chi connectivity index (χ0v) is 16.5. The molecule has 1 N–H and O–H groups in total. The van der Waals surface area contributed by atoms with Crippen LogP contribution in [0.3, 0.4) is 0 Å². The highest BCUT2D eigenvalue weighted by Crippen LogP contribution is 2.24. The predicted molar refractivity (Wildman–Crippen MR) is 103 cm³/mol. The van der Waals surface area contributed by atoms with Gasteiger partial charge in [-0.2, -0.15) is 0 Å². The molecule has 0 saturated carbocycles. The van der Waals surface area contributed by atoms with E-state index in [9.17, 15) is 4.79 Å². The van der Waals surface area contributed by atoms with E-state index in [0.29, 0.717) is 12.4 Å². The molecular weight excluding hydrogens is 334 g/mol. The molecule has 0 radical (unpaired) electrons. The third-order valence-electron chi connectivity index (χ3n) is 4.28. The molecule has 0 saturated heterocycles. The maximum Gasteiger partial charge on any atom is 0.234 e. The number of para-hydroxylation sites is 1. The van der Waals surface area contributed by atoms with Crippen LogP contribution >= 0.6 is 11.8 Å². The fraction of sp³-hybridized carbons (Fsp3) is 0.474. The van der Waals surface area contributed by atoms with Gasteiger partial charge in [-0.15, -0.1) is 0 Å². The van der Waals surface area contributed by atoms with Crippen LogP contribution in [-0.4, -0.2) is 34.9 Å². The maximum atomic E-state index is 12.4. The second-order valence-electron chi connectivity index (χ2n) is 6.01. The molecule has 6 heteroatoms. The van der Waals surface area contributed by atoms with Gasteiger partial charge in [-0.3, -0.25) is 4.79 Å². The van der Waals surface area contributed by atoms with E-state index >= 15 is 0 Å². The van der Waals surface area contributed by atoms with E-state index in [0.717, 1.165) is 46.3 Å². The van der Waals surface area contributed by atoms with Gasteiger partial charge < -0.3 is 14.6 Å². The molecule has 0 atom stereocenters. The molecule has 1 amide bonds. The van der Waals surface area contributed by atoms with Crippen LogP contribution in [0.5, 0.6) is 0 Å². The van der Waals surface area contributed by atoms with Crippen molar-refractivity contribution in [1.29, 1.82) is 0 Å². The summed E-state index contributed by atoms with van der Waals surface area (Å²) < 4.78 is 7.28. The number of nitrogens with one attached hydrogen (secondary N) is 1. The molecule has 0 fully saturated rings. The number of rotatable bonds is 8. The molecule has 136 valence electrons. The van der Waals surface area contributed by atoms with Crippen LogP contribution in [0.1, 0.15) is 29.4 Å². The van der Waals surface area contributed by atoms with Crippen LogP contribution in [0.25, 0.3) is 0 Å². The number of methoxy groups -OCH3 is 1.